The van der Waals surface area contributed by atoms with Crippen LogP contribution in [0.15, 0.2) is 98.9 Å². The molecule has 2 heterocycles. The highest BCUT2D eigenvalue weighted by Crippen LogP contribution is 2.36. The number of carbonyl (C=O) groups is 2. The van der Waals surface area contributed by atoms with E-state index in [4.69, 9.17) is 30.2 Å². The predicted octanol–water partition coefficient (Wildman–Crippen LogP) is 7.47. The number of furan rings is 1. The topological polar surface area (TPSA) is 116 Å². The van der Waals surface area contributed by atoms with E-state index in [0.717, 1.165) is 17.1 Å². The number of halogens is 2. The van der Waals surface area contributed by atoms with Gasteiger partial charge in [0, 0.05) is 27.8 Å². The molecule has 0 fully saturated rings. The van der Waals surface area contributed by atoms with Gasteiger partial charge in [0.2, 0.25) is 0 Å². The van der Waals surface area contributed by atoms with Gasteiger partial charge in [-0.05, 0) is 120 Å². The van der Waals surface area contributed by atoms with E-state index in [1.807, 2.05) is 24.3 Å². The minimum atomic E-state index is -0.526. The highest BCUT2D eigenvalue weighted by Gasteiger charge is 2.15. The highest BCUT2D eigenvalue weighted by atomic mass is 79.9. The molecule has 3 aromatic carbocycles. The Kier molecular flexibility index (Phi) is 10.5. The van der Waals surface area contributed by atoms with Gasteiger partial charge in [-0.1, -0.05) is 11.6 Å². The quantitative estimate of drug-likeness (QED) is 0.103. The molecule has 2 aromatic heterocycles. The first-order chi connectivity index (χ1) is 22.2. The van der Waals surface area contributed by atoms with E-state index in [0.29, 0.717) is 43.8 Å². The molecule has 2 amide bonds. The molecule has 0 aliphatic heterocycles. The Bertz CT molecular complexity index is 1850. The summed E-state index contributed by atoms with van der Waals surface area (Å²) in [6.07, 6.45) is 1.44. The minimum Gasteiger partial charge on any atom is -0.493 e. The van der Waals surface area contributed by atoms with Gasteiger partial charge in [0.25, 0.3) is 5.91 Å². The molecule has 10 nitrogen and oxygen atoms in total. The lowest BCUT2D eigenvalue weighted by Gasteiger charge is -2.13. The summed E-state index contributed by atoms with van der Waals surface area (Å²) < 4.78 is 25.3. The molecule has 0 bridgehead atoms. The van der Waals surface area contributed by atoms with Crippen LogP contribution in [0.25, 0.3) is 5.69 Å². The molecule has 5 aromatic rings. The van der Waals surface area contributed by atoms with Crippen molar-refractivity contribution in [3.8, 4) is 22.9 Å². The summed E-state index contributed by atoms with van der Waals surface area (Å²) in [5.41, 5.74) is 7.00. The van der Waals surface area contributed by atoms with Crippen molar-refractivity contribution < 1.29 is 28.2 Å². The number of anilines is 1. The lowest BCUT2D eigenvalue weighted by molar-refractivity contribution is -0.118. The van der Waals surface area contributed by atoms with E-state index in [9.17, 15) is 9.59 Å². The molecule has 0 atom stereocenters. The SMILES string of the molecule is COc1cc(/C=N/NC(=O)c2ccc(COc3ccc(-n4c(C)ccc4C)cc3)o2)cc(Br)c1OCC(=O)Nc1ccc(Cl)cc1. The standard InChI is InChI=1S/C34H30BrClN4O6/c1-21-4-5-22(2)40(21)26-10-12-27(13-11-26)44-19-28-14-15-30(46-28)34(42)39-37-18-23-16-29(35)33(31(17-23)43-3)45-20-32(41)38-25-8-6-24(36)7-9-25/h4-18H,19-20H2,1-3H3,(H,38,41)(H,39,42)/b37-18+. The molecule has 0 saturated carbocycles. The molecule has 236 valence electrons. The maximum absolute atomic E-state index is 12.6. The van der Waals surface area contributed by atoms with Gasteiger partial charge in [0.15, 0.2) is 23.9 Å². The van der Waals surface area contributed by atoms with Crippen molar-refractivity contribution in [2.24, 2.45) is 5.10 Å². The van der Waals surface area contributed by atoms with E-state index >= 15 is 0 Å². The normalized spacial score (nSPS) is 11.0. The Labute approximate surface area is 279 Å². The minimum absolute atomic E-state index is 0.0871. The molecule has 46 heavy (non-hydrogen) atoms. The van der Waals surface area contributed by atoms with Crippen molar-refractivity contribution in [3.63, 3.8) is 0 Å². The van der Waals surface area contributed by atoms with Gasteiger partial charge in [-0.3, -0.25) is 9.59 Å². The number of amides is 2. The summed E-state index contributed by atoms with van der Waals surface area (Å²) >= 11 is 9.33. The van der Waals surface area contributed by atoms with Crippen molar-refractivity contribution in [2.75, 3.05) is 19.0 Å². The number of aryl methyl sites for hydroxylation is 2. The summed E-state index contributed by atoms with van der Waals surface area (Å²) in [7, 11) is 1.48. The zero-order valence-electron chi connectivity index (χ0n) is 25.2. The maximum atomic E-state index is 12.6. The van der Waals surface area contributed by atoms with E-state index < -0.39 is 5.91 Å². The largest absolute Gasteiger partial charge is 0.493 e. The third kappa shape index (κ3) is 8.17. The fourth-order valence-corrected chi connectivity index (χ4v) is 5.24. The monoisotopic (exact) mass is 704 g/mol. The first-order valence-corrected chi connectivity index (χ1v) is 15.2. The number of hydrogen-bond donors (Lipinski definition) is 2. The third-order valence-corrected chi connectivity index (χ3v) is 7.58. The predicted molar refractivity (Wildman–Crippen MR) is 180 cm³/mol. The summed E-state index contributed by atoms with van der Waals surface area (Å²) in [5, 5.41) is 7.33. The van der Waals surface area contributed by atoms with Crippen molar-refractivity contribution >= 4 is 51.2 Å². The van der Waals surface area contributed by atoms with Crippen molar-refractivity contribution in [2.45, 2.75) is 20.5 Å². The highest BCUT2D eigenvalue weighted by molar-refractivity contribution is 9.10. The van der Waals surface area contributed by atoms with Crippen LogP contribution in [0.1, 0.15) is 33.3 Å². The Balaban J connectivity index is 1.12. The summed E-state index contributed by atoms with van der Waals surface area (Å²) in [6, 6.07) is 25.3. The van der Waals surface area contributed by atoms with Crippen LogP contribution in [0, 0.1) is 13.8 Å². The summed E-state index contributed by atoms with van der Waals surface area (Å²) in [5.74, 6) is 1.07. The van der Waals surface area contributed by atoms with Gasteiger partial charge in [-0.15, -0.1) is 0 Å². The average Bonchev–Trinajstić information content (AvgIpc) is 3.66. The molecule has 0 spiro atoms. The van der Waals surface area contributed by atoms with Gasteiger partial charge in [-0.25, -0.2) is 5.43 Å². The molecular weight excluding hydrogens is 676 g/mol. The Morgan fingerprint density at radius 1 is 0.957 bits per heavy atom. The van der Waals surface area contributed by atoms with Crippen molar-refractivity contribution in [1.29, 1.82) is 0 Å². The lowest BCUT2D eigenvalue weighted by Crippen LogP contribution is -2.20. The van der Waals surface area contributed by atoms with Crippen LogP contribution >= 0.6 is 27.5 Å². The van der Waals surface area contributed by atoms with E-state index in [1.165, 1.54) is 13.3 Å². The van der Waals surface area contributed by atoms with Crippen LogP contribution in [-0.4, -0.2) is 36.3 Å². The number of nitrogens with zero attached hydrogens (tertiary/aromatic N) is 2. The van der Waals surface area contributed by atoms with Gasteiger partial charge in [0.05, 0.1) is 17.8 Å². The Morgan fingerprint density at radius 2 is 1.67 bits per heavy atom. The molecule has 0 unspecified atom stereocenters. The first-order valence-electron chi connectivity index (χ1n) is 14.1. The second-order valence-corrected chi connectivity index (χ2v) is 11.4. The number of hydrogen-bond acceptors (Lipinski definition) is 7. The smallest absolute Gasteiger partial charge is 0.307 e. The van der Waals surface area contributed by atoms with Crippen LogP contribution in [0.2, 0.25) is 5.02 Å². The number of nitrogens with one attached hydrogen (secondary N) is 2. The number of hydrazone groups is 1. The maximum Gasteiger partial charge on any atom is 0.307 e. The van der Waals surface area contributed by atoms with Crippen LogP contribution in [0.4, 0.5) is 5.69 Å². The number of carbonyl (C=O) groups excluding carboxylic acids is 2. The number of benzene rings is 3. The fourth-order valence-electron chi connectivity index (χ4n) is 4.54. The zero-order valence-corrected chi connectivity index (χ0v) is 27.5. The molecule has 5 rings (SSSR count). The van der Waals surface area contributed by atoms with Gasteiger partial charge < -0.3 is 28.5 Å². The molecule has 0 saturated heterocycles. The number of ether oxygens (including phenoxy) is 3. The van der Waals surface area contributed by atoms with Crippen LogP contribution in [0.3, 0.4) is 0 Å². The molecule has 12 heteroatoms. The van der Waals surface area contributed by atoms with Crippen molar-refractivity contribution in [3.05, 3.63) is 123 Å². The molecule has 2 N–H and O–H groups in total. The van der Waals surface area contributed by atoms with E-state index in [-0.39, 0.29) is 24.9 Å². The van der Waals surface area contributed by atoms with Crippen LogP contribution in [0.5, 0.6) is 17.2 Å². The molecule has 0 aliphatic carbocycles. The first kappa shape index (κ1) is 32.4. The molecular formula is C34H30BrClN4O6. The fraction of sp³-hybridized carbons (Fsp3) is 0.147. The zero-order chi connectivity index (χ0) is 32.6. The third-order valence-electron chi connectivity index (χ3n) is 6.74. The van der Waals surface area contributed by atoms with Crippen LogP contribution in [-0.2, 0) is 11.4 Å². The lowest BCUT2D eigenvalue weighted by atomic mass is 10.2. The molecule has 0 radical (unpaired) electrons. The van der Waals surface area contributed by atoms with E-state index in [1.54, 1.807) is 48.5 Å². The number of aromatic nitrogens is 1. The van der Waals surface area contributed by atoms with E-state index in [2.05, 4.69) is 62.3 Å². The van der Waals surface area contributed by atoms with Crippen LogP contribution < -0.4 is 25.0 Å². The Morgan fingerprint density at radius 3 is 2.37 bits per heavy atom. The van der Waals surface area contributed by atoms with Crippen molar-refractivity contribution in [1.82, 2.24) is 9.99 Å². The molecule has 0 aliphatic rings. The number of methoxy groups -OCH3 is 1. The second kappa shape index (κ2) is 14.9. The van der Waals surface area contributed by atoms with Gasteiger partial charge in [0.1, 0.15) is 18.1 Å². The number of rotatable bonds is 12. The second-order valence-electron chi connectivity index (χ2n) is 10.1. The van der Waals surface area contributed by atoms with Gasteiger partial charge in [-0.2, -0.15) is 5.10 Å². The van der Waals surface area contributed by atoms with Gasteiger partial charge >= 0.3 is 5.91 Å². The summed E-state index contributed by atoms with van der Waals surface area (Å²) in [4.78, 5) is 24.9. The Hall–Kier alpha value is -5.00. The average molecular weight is 706 g/mol. The summed E-state index contributed by atoms with van der Waals surface area (Å²) in [6.45, 7) is 4.03.